The van der Waals surface area contributed by atoms with Crippen molar-refractivity contribution in [3.63, 3.8) is 0 Å². The second-order valence-electron chi connectivity index (χ2n) is 4.27. The Morgan fingerprint density at radius 1 is 1.44 bits per heavy atom. The van der Waals surface area contributed by atoms with Gasteiger partial charge in [0.05, 0.1) is 5.25 Å². The van der Waals surface area contributed by atoms with Gasteiger partial charge in [-0.15, -0.1) is 0 Å². The molecule has 16 heavy (non-hydrogen) atoms. The van der Waals surface area contributed by atoms with Gasteiger partial charge in [0.25, 0.3) is 0 Å². The first kappa shape index (κ1) is 11.9. The molecule has 5 heteroatoms. The largest absolute Gasteiger partial charge is 0.330 e. The van der Waals surface area contributed by atoms with Gasteiger partial charge in [0.15, 0.2) is 9.84 Å². The molecule has 1 aliphatic carbocycles. The van der Waals surface area contributed by atoms with E-state index in [4.69, 9.17) is 17.3 Å². The quantitative estimate of drug-likeness (QED) is 0.893. The number of halogens is 1. The van der Waals surface area contributed by atoms with Gasteiger partial charge < -0.3 is 5.73 Å². The van der Waals surface area contributed by atoms with E-state index in [0.717, 1.165) is 5.56 Å². The van der Waals surface area contributed by atoms with Crippen molar-refractivity contribution in [1.82, 2.24) is 0 Å². The lowest BCUT2D eigenvalue weighted by Gasteiger charge is -1.99. The molecule has 0 saturated heterocycles. The normalized spacial score (nSPS) is 29.1. The molecule has 0 amide bonds. The minimum Gasteiger partial charge on any atom is -0.330 e. The summed E-state index contributed by atoms with van der Waals surface area (Å²) in [4.78, 5) is 0. The number of hydrogen-bond donors (Lipinski definition) is 1. The maximum Gasteiger partial charge on any atom is 0.151 e. The third-order valence-electron chi connectivity index (χ3n) is 3.10. The summed E-state index contributed by atoms with van der Waals surface area (Å²) in [5.41, 5.74) is 6.56. The van der Waals surface area contributed by atoms with E-state index in [1.165, 1.54) is 6.26 Å². The zero-order chi connectivity index (χ0) is 11.9. The topological polar surface area (TPSA) is 60.2 Å². The van der Waals surface area contributed by atoms with E-state index in [1.807, 2.05) is 18.2 Å². The molecular formula is C11H14ClNO2S. The predicted molar refractivity (Wildman–Crippen MR) is 65.4 cm³/mol. The highest BCUT2D eigenvalue weighted by atomic mass is 35.5. The van der Waals surface area contributed by atoms with Crippen LogP contribution < -0.4 is 5.73 Å². The van der Waals surface area contributed by atoms with E-state index in [9.17, 15) is 8.42 Å². The maximum absolute atomic E-state index is 11.5. The third kappa shape index (κ3) is 2.10. The summed E-state index contributed by atoms with van der Waals surface area (Å²) >= 11 is 5.89. The Bertz CT molecular complexity index is 500. The lowest BCUT2D eigenvalue weighted by Crippen LogP contribution is -2.11. The lowest BCUT2D eigenvalue weighted by atomic mass is 10.1. The third-order valence-corrected chi connectivity index (χ3v) is 4.96. The van der Waals surface area contributed by atoms with Gasteiger partial charge in [-0.3, -0.25) is 0 Å². The average Bonchev–Trinajstić information content (AvgIpc) is 2.91. The average molecular weight is 260 g/mol. The Kier molecular flexibility index (Phi) is 2.99. The van der Waals surface area contributed by atoms with E-state index in [2.05, 4.69) is 0 Å². The Labute approximate surface area is 101 Å². The minimum atomic E-state index is -3.02. The van der Waals surface area contributed by atoms with Gasteiger partial charge in [-0.2, -0.15) is 0 Å². The highest BCUT2D eigenvalue weighted by Crippen LogP contribution is 2.51. The molecule has 3 atom stereocenters. The van der Waals surface area contributed by atoms with Crippen molar-refractivity contribution in [3.8, 4) is 0 Å². The summed E-state index contributed by atoms with van der Waals surface area (Å²) in [6.45, 7) is 0.398. The van der Waals surface area contributed by atoms with E-state index >= 15 is 0 Å². The second-order valence-corrected chi connectivity index (χ2v) is 6.91. The molecule has 1 fully saturated rings. The van der Waals surface area contributed by atoms with E-state index in [1.54, 1.807) is 6.07 Å². The van der Waals surface area contributed by atoms with Crippen molar-refractivity contribution < 1.29 is 8.42 Å². The highest BCUT2D eigenvalue weighted by Gasteiger charge is 2.55. The number of rotatable bonds is 3. The van der Waals surface area contributed by atoms with Crippen LogP contribution in [-0.2, 0) is 9.84 Å². The first-order valence-electron chi connectivity index (χ1n) is 5.09. The van der Waals surface area contributed by atoms with Crippen LogP contribution in [0.5, 0.6) is 0 Å². The molecule has 1 aromatic carbocycles. The molecule has 88 valence electrons. The summed E-state index contributed by atoms with van der Waals surface area (Å²) < 4.78 is 23.1. The molecule has 1 aliphatic rings. The van der Waals surface area contributed by atoms with Gasteiger partial charge in [-0.25, -0.2) is 8.42 Å². The number of sulfone groups is 1. The molecule has 0 spiro atoms. The number of nitrogens with two attached hydrogens (primary N) is 1. The van der Waals surface area contributed by atoms with Crippen molar-refractivity contribution in [2.24, 2.45) is 11.7 Å². The Balaban J connectivity index is 2.30. The van der Waals surface area contributed by atoms with E-state index in [0.29, 0.717) is 11.6 Å². The standard InChI is InChI=1S/C11H14ClNO2S/c1-16(14,15)11-9(6-13)10(11)7-3-2-4-8(12)5-7/h2-5,9-11H,6,13H2,1H3/t9-,10+,11+/m1/s1. The Morgan fingerprint density at radius 2 is 2.12 bits per heavy atom. The van der Waals surface area contributed by atoms with Gasteiger partial charge in [0, 0.05) is 17.2 Å². The van der Waals surface area contributed by atoms with Gasteiger partial charge in [-0.1, -0.05) is 23.7 Å². The van der Waals surface area contributed by atoms with Crippen LogP contribution in [0.15, 0.2) is 24.3 Å². The van der Waals surface area contributed by atoms with Gasteiger partial charge in [0.2, 0.25) is 0 Å². The monoisotopic (exact) mass is 259 g/mol. The molecule has 2 N–H and O–H groups in total. The Morgan fingerprint density at radius 3 is 2.56 bits per heavy atom. The van der Waals surface area contributed by atoms with E-state index < -0.39 is 9.84 Å². The molecule has 0 aromatic heterocycles. The van der Waals surface area contributed by atoms with Crippen molar-refractivity contribution in [3.05, 3.63) is 34.9 Å². The zero-order valence-electron chi connectivity index (χ0n) is 8.93. The van der Waals surface area contributed by atoms with Crippen LogP contribution in [0.2, 0.25) is 5.02 Å². The molecule has 0 bridgehead atoms. The second kappa shape index (κ2) is 4.02. The van der Waals surface area contributed by atoms with Crippen LogP contribution in [0.25, 0.3) is 0 Å². The van der Waals surface area contributed by atoms with Crippen LogP contribution in [0.1, 0.15) is 11.5 Å². The summed E-state index contributed by atoms with van der Waals surface area (Å²) in [6.07, 6.45) is 1.27. The first-order chi connectivity index (χ1) is 7.45. The summed E-state index contributed by atoms with van der Waals surface area (Å²) in [7, 11) is -3.02. The molecule has 3 nitrogen and oxygen atoms in total. The van der Waals surface area contributed by atoms with Gasteiger partial charge >= 0.3 is 0 Å². The fourth-order valence-corrected chi connectivity index (χ4v) is 4.27. The highest BCUT2D eigenvalue weighted by molar-refractivity contribution is 7.91. The smallest absolute Gasteiger partial charge is 0.151 e. The van der Waals surface area contributed by atoms with Crippen molar-refractivity contribution in [2.75, 3.05) is 12.8 Å². The maximum atomic E-state index is 11.5. The minimum absolute atomic E-state index is 0.0127. The first-order valence-corrected chi connectivity index (χ1v) is 7.43. The number of hydrogen-bond acceptors (Lipinski definition) is 3. The van der Waals surface area contributed by atoms with Crippen molar-refractivity contribution >= 4 is 21.4 Å². The predicted octanol–water partition coefficient (Wildman–Crippen LogP) is 1.43. The molecule has 1 saturated carbocycles. The molecular weight excluding hydrogens is 246 g/mol. The van der Waals surface area contributed by atoms with Crippen LogP contribution >= 0.6 is 11.6 Å². The molecule has 2 rings (SSSR count). The molecule has 0 unspecified atom stereocenters. The molecule has 1 aromatic rings. The van der Waals surface area contributed by atoms with E-state index in [-0.39, 0.29) is 17.1 Å². The molecule has 0 heterocycles. The van der Waals surface area contributed by atoms with Crippen LogP contribution in [0.3, 0.4) is 0 Å². The van der Waals surface area contributed by atoms with Crippen LogP contribution in [0.4, 0.5) is 0 Å². The fraction of sp³-hybridized carbons (Fsp3) is 0.455. The zero-order valence-corrected chi connectivity index (χ0v) is 10.5. The summed E-state index contributed by atoms with van der Waals surface area (Å²) in [5.74, 6) is 0.0483. The Hall–Kier alpha value is -0.580. The summed E-state index contributed by atoms with van der Waals surface area (Å²) in [5, 5.41) is 0.295. The SMILES string of the molecule is CS(=O)(=O)[C@H]1[C@H](CN)[C@@H]1c1cccc(Cl)c1. The molecule has 0 aliphatic heterocycles. The van der Waals surface area contributed by atoms with Crippen molar-refractivity contribution in [2.45, 2.75) is 11.2 Å². The lowest BCUT2D eigenvalue weighted by molar-refractivity contribution is 0.597. The fourth-order valence-electron chi connectivity index (χ4n) is 2.36. The number of benzene rings is 1. The molecule has 0 radical (unpaired) electrons. The van der Waals surface area contributed by atoms with Crippen molar-refractivity contribution in [1.29, 1.82) is 0 Å². The summed E-state index contributed by atoms with van der Waals surface area (Å²) in [6, 6.07) is 7.34. The van der Waals surface area contributed by atoms with Crippen LogP contribution in [-0.4, -0.2) is 26.5 Å². The van der Waals surface area contributed by atoms with Gasteiger partial charge in [-0.05, 0) is 30.2 Å². The van der Waals surface area contributed by atoms with Gasteiger partial charge in [0.1, 0.15) is 0 Å². The van der Waals surface area contributed by atoms with Crippen LogP contribution in [0, 0.1) is 5.92 Å².